The standard InChI is InChI=1S/C18H34N6/c1-3-19-18(20-10-5-13-24-14-6-11-22-24)21-12-7-17-8-15-23(4-2)16-9-17/h6,11,14,17H,3-5,7-10,12-13,15-16H2,1-2H3,(H2,19,20,21). The van der Waals surface area contributed by atoms with Gasteiger partial charge in [-0.3, -0.25) is 9.67 Å². The lowest BCUT2D eigenvalue weighted by Gasteiger charge is -2.31. The van der Waals surface area contributed by atoms with Crippen LogP contribution in [0.2, 0.25) is 0 Å². The number of piperidine rings is 1. The van der Waals surface area contributed by atoms with Crippen molar-refractivity contribution in [2.75, 3.05) is 39.3 Å². The Balaban J connectivity index is 1.62. The molecule has 0 unspecified atom stereocenters. The maximum Gasteiger partial charge on any atom is 0.191 e. The van der Waals surface area contributed by atoms with E-state index in [9.17, 15) is 0 Å². The molecule has 1 aliphatic rings. The number of likely N-dealkylation sites (tertiary alicyclic amines) is 1. The Kier molecular flexibility index (Phi) is 8.66. The van der Waals surface area contributed by atoms with Crippen LogP contribution in [-0.2, 0) is 6.54 Å². The summed E-state index contributed by atoms with van der Waals surface area (Å²) in [6.45, 7) is 11.8. The van der Waals surface area contributed by atoms with Crippen molar-refractivity contribution in [3.8, 4) is 0 Å². The van der Waals surface area contributed by atoms with Crippen LogP contribution in [0.4, 0.5) is 0 Å². The Labute approximate surface area is 146 Å². The zero-order valence-electron chi connectivity index (χ0n) is 15.4. The number of aliphatic imine (C=N–C) groups is 1. The van der Waals surface area contributed by atoms with Crippen LogP contribution in [0.25, 0.3) is 0 Å². The van der Waals surface area contributed by atoms with E-state index in [1.807, 2.05) is 23.1 Å². The van der Waals surface area contributed by atoms with Gasteiger partial charge in [0.25, 0.3) is 0 Å². The van der Waals surface area contributed by atoms with Crippen molar-refractivity contribution in [2.24, 2.45) is 10.9 Å². The first kappa shape index (κ1) is 18.8. The Morgan fingerprint density at radius 1 is 1.25 bits per heavy atom. The van der Waals surface area contributed by atoms with Crippen molar-refractivity contribution in [2.45, 2.75) is 46.1 Å². The van der Waals surface area contributed by atoms with E-state index in [0.29, 0.717) is 0 Å². The summed E-state index contributed by atoms with van der Waals surface area (Å²) in [6.07, 6.45) is 8.75. The number of hydrogen-bond acceptors (Lipinski definition) is 3. The zero-order chi connectivity index (χ0) is 17.0. The lowest BCUT2D eigenvalue weighted by atomic mass is 9.93. The summed E-state index contributed by atoms with van der Waals surface area (Å²) in [5, 5.41) is 11.0. The van der Waals surface area contributed by atoms with Gasteiger partial charge in [-0.1, -0.05) is 6.92 Å². The van der Waals surface area contributed by atoms with Crippen molar-refractivity contribution >= 4 is 5.96 Å². The molecule has 1 fully saturated rings. The lowest BCUT2D eigenvalue weighted by molar-refractivity contribution is 0.187. The topological polar surface area (TPSA) is 57.5 Å². The van der Waals surface area contributed by atoms with Gasteiger partial charge in [-0.2, -0.15) is 5.10 Å². The summed E-state index contributed by atoms with van der Waals surface area (Å²) >= 11 is 0. The maximum atomic E-state index is 4.67. The molecule has 2 N–H and O–H groups in total. The van der Waals surface area contributed by atoms with Gasteiger partial charge in [-0.25, -0.2) is 0 Å². The largest absolute Gasteiger partial charge is 0.357 e. The number of aromatic nitrogens is 2. The van der Waals surface area contributed by atoms with E-state index < -0.39 is 0 Å². The number of rotatable bonds is 9. The molecule has 1 saturated heterocycles. The van der Waals surface area contributed by atoms with Gasteiger partial charge in [-0.05, 0) is 64.2 Å². The zero-order valence-corrected chi connectivity index (χ0v) is 15.4. The predicted octanol–water partition coefficient (Wildman–Crippen LogP) is 1.95. The third-order valence-electron chi connectivity index (χ3n) is 4.72. The maximum absolute atomic E-state index is 4.67. The third kappa shape index (κ3) is 6.91. The molecule has 0 amide bonds. The van der Waals surface area contributed by atoms with E-state index in [4.69, 9.17) is 0 Å². The molecule has 6 heteroatoms. The highest BCUT2D eigenvalue weighted by Gasteiger charge is 2.17. The number of guanidine groups is 1. The minimum Gasteiger partial charge on any atom is -0.357 e. The third-order valence-corrected chi connectivity index (χ3v) is 4.72. The van der Waals surface area contributed by atoms with Crippen molar-refractivity contribution in [1.82, 2.24) is 25.3 Å². The molecule has 1 aromatic rings. The van der Waals surface area contributed by atoms with Crippen molar-refractivity contribution in [1.29, 1.82) is 0 Å². The first-order chi connectivity index (χ1) is 11.8. The van der Waals surface area contributed by atoms with E-state index in [1.54, 1.807) is 0 Å². The van der Waals surface area contributed by atoms with E-state index in [1.165, 1.54) is 38.9 Å². The molecule has 0 saturated carbocycles. The molecule has 0 radical (unpaired) electrons. The fourth-order valence-corrected chi connectivity index (χ4v) is 3.18. The van der Waals surface area contributed by atoms with E-state index >= 15 is 0 Å². The summed E-state index contributed by atoms with van der Waals surface area (Å²) in [5.74, 6) is 1.81. The SMILES string of the molecule is CCNC(=NCCCn1cccn1)NCCC1CCN(CC)CC1. The molecule has 1 aromatic heterocycles. The molecule has 2 rings (SSSR count). The van der Waals surface area contributed by atoms with E-state index in [2.05, 4.69) is 39.5 Å². The van der Waals surface area contributed by atoms with Crippen LogP contribution in [0.5, 0.6) is 0 Å². The second kappa shape index (κ2) is 11.1. The van der Waals surface area contributed by atoms with Gasteiger partial charge in [0, 0.05) is 38.6 Å². The van der Waals surface area contributed by atoms with E-state index in [0.717, 1.165) is 44.5 Å². The molecule has 136 valence electrons. The smallest absolute Gasteiger partial charge is 0.191 e. The van der Waals surface area contributed by atoms with Crippen molar-refractivity contribution < 1.29 is 0 Å². The summed E-state index contributed by atoms with van der Waals surface area (Å²) in [7, 11) is 0. The molecule has 0 aromatic carbocycles. The van der Waals surface area contributed by atoms with Crippen LogP contribution in [0.1, 0.15) is 39.5 Å². The van der Waals surface area contributed by atoms with E-state index in [-0.39, 0.29) is 0 Å². The molecule has 1 aliphatic heterocycles. The van der Waals surface area contributed by atoms with Gasteiger partial charge in [-0.15, -0.1) is 0 Å². The fraction of sp³-hybridized carbons (Fsp3) is 0.778. The van der Waals surface area contributed by atoms with Crippen LogP contribution in [0.15, 0.2) is 23.5 Å². The average Bonchev–Trinajstić information content (AvgIpc) is 3.12. The molecular weight excluding hydrogens is 300 g/mol. The minimum absolute atomic E-state index is 0.823. The van der Waals surface area contributed by atoms with Crippen molar-refractivity contribution in [3.63, 3.8) is 0 Å². The molecule has 24 heavy (non-hydrogen) atoms. The first-order valence-electron chi connectivity index (χ1n) is 9.53. The van der Waals surface area contributed by atoms with Crippen LogP contribution in [0.3, 0.4) is 0 Å². The average molecular weight is 335 g/mol. The Morgan fingerprint density at radius 2 is 2.08 bits per heavy atom. The Morgan fingerprint density at radius 3 is 2.75 bits per heavy atom. The second-order valence-electron chi connectivity index (χ2n) is 6.48. The van der Waals surface area contributed by atoms with Crippen LogP contribution < -0.4 is 10.6 Å². The monoisotopic (exact) mass is 334 g/mol. The van der Waals surface area contributed by atoms with Crippen LogP contribution in [0, 0.1) is 5.92 Å². The van der Waals surface area contributed by atoms with Crippen LogP contribution >= 0.6 is 0 Å². The normalized spacial score (nSPS) is 17.2. The highest BCUT2D eigenvalue weighted by molar-refractivity contribution is 5.79. The van der Waals surface area contributed by atoms with Gasteiger partial charge in [0.15, 0.2) is 5.96 Å². The van der Waals surface area contributed by atoms with Gasteiger partial charge in [0.2, 0.25) is 0 Å². The molecule has 2 heterocycles. The van der Waals surface area contributed by atoms with Gasteiger partial charge >= 0.3 is 0 Å². The first-order valence-corrected chi connectivity index (χ1v) is 9.53. The second-order valence-corrected chi connectivity index (χ2v) is 6.48. The Bertz CT molecular complexity index is 448. The number of nitrogens with zero attached hydrogens (tertiary/aromatic N) is 4. The molecule has 0 spiro atoms. The molecule has 6 nitrogen and oxygen atoms in total. The summed E-state index contributed by atoms with van der Waals surface area (Å²) in [4.78, 5) is 7.22. The van der Waals surface area contributed by atoms with Gasteiger partial charge < -0.3 is 15.5 Å². The number of aryl methyl sites for hydroxylation is 1. The highest BCUT2D eigenvalue weighted by atomic mass is 15.3. The fourth-order valence-electron chi connectivity index (χ4n) is 3.18. The van der Waals surface area contributed by atoms with Gasteiger partial charge in [0.05, 0.1) is 0 Å². The predicted molar refractivity (Wildman–Crippen MR) is 100 cm³/mol. The lowest BCUT2D eigenvalue weighted by Crippen LogP contribution is -2.39. The highest BCUT2D eigenvalue weighted by Crippen LogP contribution is 2.19. The molecular formula is C18H34N6. The number of nitrogens with one attached hydrogen (secondary N) is 2. The minimum atomic E-state index is 0.823. The summed E-state index contributed by atoms with van der Waals surface area (Å²) in [6, 6.07) is 1.96. The quantitative estimate of drug-likeness (QED) is 0.412. The van der Waals surface area contributed by atoms with Gasteiger partial charge in [0.1, 0.15) is 0 Å². The Hall–Kier alpha value is -1.56. The van der Waals surface area contributed by atoms with Crippen molar-refractivity contribution in [3.05, 3.63) is 18.5 Å². The summed E-state index contributed by atoms with van der Waals surface area (Å²) < 4.78 is 1.96. The number of hydrogen-bond donors (Lipinski definition) is 2. The van der Waals surface area contributed by atoms with Crippen LogP contribution in [-0.4, -0.2) is 59.9 Å². The molecule has 0 aliphatic carbocycles. The summed E-state index contributed by atoms with van der Waals surface area (Å²) in [5.41, 5.74) is 0. The molecule has 0 atom stereocenters. The molecule has 0 bridgehead atoms.